The molecular weight excluding hydrogens is 316 g/mol. The second kappa shape index (κ2) is 6.98. The number of rotatable bonds is 5. The van der Waals surface area contributed by atoms with Gasteiger partial charge in [-0.15, -0.1) is 0 Å². The summed E-state index contributed by atoms with van der Waals surface area (Å²) in [6.45, 7) is 5.69. The molecule has 132 valence electrons. The number of piperazine rings is 1. The quantitative estimate of drug-likeness (QED) is 0.906. The predicted octanol–water partition coefficient (Wildman–Crippen LogP) is 2.44. The van der Waals surface area contributed by atoms with Gasteiger partial charge in [0.1, 0.15) is 11.8 Å². The summed E-state index contributed by atoms with van der Waals surface area (Å²) in [6.07, 6.45) is 2.65. The standard InChI is InChI=1S/C19H24N4O2/c1-14-13-17(21-25-14)20-19(24)18(15-5-3-2-4-6-15)23-11-9-22(10-12-23)16-7-8-16/h2-6,13,16,18H,7-12H2,1H3,(H,20,21,24). The first kappa shape index (κ1) is 16.3. The fraction of sp³-hybridized carbons (Fsp3) is 0.474. The molecule has 1 N–H and O–H groups in total. The maximum atomic E-state index is 13.0. The van der Waals surface area contributed by atoms with E-state index in [1.165, 1.54) is 12.8 Å². The maximum Gasteiger partial charge on any atom is 0.247 e. The highest BCUT2D eigenvalue weighted by molar-refractivity contribution is 5.94. The number of benzene rings is 1. The summed E-state index contributed by atoms with van der Waals surface area (Å²) >= 11 is 0. The van der Waals surface area contributed by atoms with Crippen LogP contribution >= 0.6 is 0 Å². The third-order valence-electron chi connectivity index (χ3n) is 5.02. The number of hydrogen-bond donors (Lipinski definition) is 1. The van der Waals surface area contributed by atoms with E-state index >= 15 is 0 Å². The van der Waals surface area contributed by atoms with Gasteiger partial charge in [0.15, 0.2) is 5.82 Å². The summed E-state index contributed by atoms with van der Waals surface area (Å²) in [5.41, 5.74) is 1.01. The van der Waals surface area contributed by atoms with E-state index in [2.05, 4.69) is 20.3 Å². The SMILES string of the molecule is Cc1cc(NC(=O)C(c2ccccc2)N2CCN(C3CC3)CC2)no1. The minimum absolute atomic E-state index is 0.0561. The van der Waals surface area contributed by atoms with Gasteiger partial charge in [0.05, 0.1) is 0 Å². The monoisotopic (exact) mass is 340 g/mol. The second-order valence-electron chi connectivity index (χ2n) is 6.93. The summed E-state index contributed by atoms with van der Waals surface area (Å²) in [6, 6.07) is 12.2. The molecule has 0 radical (unpaired) electrons. The number of hydrogen-bond acceptors (Lipinski definition) is 5. The zero-order valence-electron chi connectivity index (χ0n) is 14.5. The molecule has 1 aliphatic heterocycles. The Bertz CT molecular complexity index is 718. The fourth-order valence-electron chi connectivity index (χ4n) is 3.58. The zero-order valence-corrected chi connectivity index (χ0v) is 14.5. The number of carbonyl (C=O) groups is 1. The van der Waals surface area contributed by atoms with Crippen LogP contribution in [-0.4, -0.2) is 53.1 Å². The lowest BCUT2D eigenvalue weighted by Crippen LogP contribution is -2.50. The van der Waals surface area contributed by atoms with Crippen LogP contribution in [0.2, 0.25) is 0 Å². The summed E-state index contributed by atoms with van der Waals surface area (Å²) in [5.74, 6) is 1.10. The molecule has 0 bridgehead atoms. The van der Waals surface area contributed by atoms with Crippen molar-refractivity contribution in [3.8, 4) is 0 Å². The highest BCUT2D eigenvalue weighted by Crippen LogP contribution is 2.30. The first-order chi connectivity index (χ1) is 12.2. The molecule has 6 heteroatoms. The van der Waals surface area contributed by atoms with Crippen LogP contribution < -0.4 is 5.32 Å². The average molecular weight is 340 g/mol. The normalized spacial score (nSPS) is 20.4. The average Bonchev–Trinajstić information content (AvgIpc) is 3.40. The molecular formula is C19H24N4O2. The van der Waals surface area contributed by atoms with Crippen molar-refractivity contribution in [3.05, 3.63) is 47.7 Å². The number of nitrogens with one attached hydrogen (secondary N) is 1. The summed E-state index contributed by atoms with van der Waals surface area (Å²) < 4.78 is 5.06. The van der Waals surface area contributed by atoms with Crippen LogP contribution in [0, 0.1) is 6.92 Å². The first-order valence-corrected chi connectivity index (χ1v) is 8.98. The maximum absolute atomic E-state index is 13.0. The molecule has 1 unspecified atom stereocenters. The second-order valence-corrected chi connectivity index (χ2v) is 6.93. The van der Waals surface area contributed by atoms with Crippen molar-refractivity contribution in [2.24, 2.45) is 0 Å². The molecule has 0 spiro atoms. The Labute approximate surface area is 147 Å². The topological polar surface area (TPSA) is 61.6 Å². The van der Waals surface area contributed by atoms with E-state index in [1.54, 1.807) is 6.07 Å². The predicted molar refractivity (Wildman–Crippen MR) is 95.2 cm³/mol. The molecule has 1 aromatic heterocycles. The first-order valence-electron chi connectivity index (χ1n) is 8.98. The van der Waals surface area contributed by atoms with E-state index in [-0.39, 0.29) is 11.9 Å². The van der Waals surface area contributed by atoms with Gasteiger partial charge in [0, 0.05) is 38.3 Å². The highest BCUT2D eigenvalue weighted by Gasteiger charge is 2.35. The number of amides is 1. The van der Waals surface area contributed by atoms with Gasteiger partial charge in [-0.25, -0.2) is 0 Å². The van der Waals surface area contributed by atoms with Crippen LogP contribution in [0.4, 0.5) is 5.82 Å². The summed E-state index contributed by atoms with van der Waals surface area (Å²) in [5, 5.41) is 6.79. The van der Waals surface area contributed by atoms with E-state index in [0.29, 0.717) is 11.6 Å². The minimum atomic E-state index is -0.306. The van der Waals surface area contributed by atoms with Gasteiger partial charge in [-0.1, -0.05) is 35.5 Å². The number of aryl methyl sites for hydroxylation is 1. The van der Waals surface area contributed by atoms with E-state index in [1.807, 2.05) is 37.3 Å². The fourth-order valence-corrected chi connectivity index (χ4v) is 3.58. The Kier molecular flexibility index (Phi) is 4.55. The number of carbonyl (C=O) groups excluding carboxylic acids is 1. The minimum Gasteiger partial charge on any atom is -0.360 e. The van der Waals surface area contributed by atoms with Gasteiger partial charge in [0.2, 0.25) is 5.91 Å². The summed E-state index contributed by atoms with van der Waals surface area (Å²) in [7, 11) is 0. The van der Waals surface area contributed by atoms with Crippen LogP contribution in [0.3, 0.4) is 0 Å². The molecule has 6 nitrogen and oxygen atoms in total. The van der Waals surface area contributed by atoms with Gasteiger partial charge >= 0.3 is 0 Å². The summed E-state index contributed by atoms with van der Waals surface area (Å²) in [4.78, 5) is 17.8. The van der Waals surface area contributed by atoms with Gasteiger partial charge in [-0.05, 0) is 25.3 Å². The number of aromatic nitrogens is 1. The number of nitrogens with zero attached hydrogens (tertiary/aromatic N) is 3. The Morgan fingerprint density at radius 1 is 1.20 bits per heavy atom. The van der Waals surface area contributed by atoms with Crippen molar-refractivity contribution in [3.63, 3.8) is 0 Å². The third-order valence-corrected chi connectivity index (χ3v) is 5.02. The molecule has 1 amide bonds. The molecule has 1 saturated carbocycles. The van der Waals surface area contributed by atoms with Crippen LogP contribution in [0.5, 0.6) is 0 Å². The lowest BCUT2D eigenvalue weighted by molar-refractivity contribution is -0.122. The molecule has 2 fully saturated rings. The van der Waals surface area contributed by atoms with Gasteiger partial charge in [-0.3, -0.25) is 14.6 Å². The van der Waals surface area contributed by atoms with E-state index in [9.17, 15) is 4.79 Å². The van der Waals surface area contributed by atoms with Gasteiger partial charge in [0.25, 0.3) is 0 Å². The Morgan fingerprint density at radius 2 is 1.92 bits per heavy atom. The lowest BCUT2D eigenvalue weighted by atomic mass is 10.0. The zero-order chi connectivity index (χ0) is 17.2. The largest absolute Gasteiger partial charge is 0.360 e. The third kappa shape index (κ3) is 3.75. The molecule has 1 atom stereocenters. The molecule has 2 heterocycles. The lowest BCUT2D eigenvalue weighted by Gasteiger charge is -2.38. The van der Waals surface area contributed by atoms with Crippen molar-refractivity contribution in [2.45, 2.75) is 31.8 Å². The van der Waals surface area contributed by atoms with Crippen molar-refractivity contribution >= 4 is 11.7 Å². The van der Waals surface area contributed by atoms with E-state index < -0.39 is 0 Å². The van der Waals surface area contributed by atoms with Crippen LogP contribution in [-0.2, 0) is 4.79 Å². The van der Waals surface area contributed by atoms with Crippen molar-refractivity contribution in [1.82, 2.24) is 15.0 Å². The van der Waals surface area contributed by atoms with Gasteiger partial charge < -0.3 is 9.84 Å². The van der Waals surface area contributed by atoms with Gasteiger partial charge in [-0.2, -0.15) is 0 Å². The molecule has 1 saturated heterocycles. The number of anilines is 1. The highest BCUT2D eigenvalue weighted by atomic mass is 16.5. The molecule has 25 heavy (non-hydrogen) atoms. The molecule has 2 aliphatic rings. The van der Waals surface area contributed by atoms with Crippen LogP contribution in [0.25, 0.3) is 0 Å². The van der Waals surface area contributed by atoms with Crippen molar-refractivity contribution in [1.29, 1.82) is 0 Å². The van der Waals surface area contributed by atoms with E-state index in [0.717, 1.165) is 37.8 Å². The molecule has 2 aromatic rings. The van der Waals surface area contributed by atoms with Crippen LogP contribution in [0.1, 0.15) is 30.2 Å². The van der Waals surface area contributed by atoms with Crippen molar-refractivity contribution in [2.75, 3.05) is 31.5 Å². The van der Waals surface area contributed by atoms with Crippen molar-refractivity contribution < 1.29 is 9.32 Å². The smallest absolute Gasteiger partial charge is 0.247 e. The molecule has 4 rings (SSSR count). The Balaban J connectivity index is 1.51. The molecule has 1 aliphatic carbocycles. The molecule has 1 aromatic carbocycles. The van der Waals surface area contributed by atoms with Crippen LogP contribution in [0.15, 0.2) is 40.9 Å². The Morgan fingerprint density at radius 3 is 2.52 bits per heavy atom. The van der Waals surface area contributed by atoms with E-state index in [4.69, 9.17) is 4.52 Å². The Hall–Kier alpha value is -2.18.